The van der Waals surface area contributed by atoms with E-state index in [1.165, 1.54) is 25.3 Å². The minimum atomic E-state index is -0.464. The Balaban J connectivity index is 2.08. The van der Waals surface area contributed by atoms with Gasteiger partial charge < -0.3 is 14.8 Å². The predicted molar refractivity (Wildman–Crippen MR) is 101 cm³/mol. The van der Waals surface area contributed by atoms with E-state index in [1.54, 1.807) is 19.3 Å². The quantitative estimate of drug-likeness (QED) is 0.749. The molecule has 2 aromatic rings. The number of nitrogens with one attached hydrogen (secondary N) is 1. The van der Waals surface area contributed by atoms with E-state index < -0.39 is 5.82 Å². The molecule has 0 bridgehead atoms. The highest BCUT2D eigenvalue weighted by Crippen LogP contribution is 2.24. The van der Waals surface area contributed by atoms with Gasteiger partial charge in [0, 0.05) is 6.08 Å². The lowest BCUT2D eigenvalue weighted by atomic mass is 9.96. The van der Waals surface area contributed by atoms with E-state index in [2.05, 4.69) is 5.32 Å². The van der Waals surface area contributed by atoms with Crippen LogP contribution < -0.4 is 14.8 Å². The van der Waals surface area contributed by atoms with Crippen LogP contribution in [0.1, 0.15) is 31.0 Å². The van der Waals surface area contributed by atoms with Crippen LogP contribution in [0.5, 0.6) is 11.5 Å². The summed E-state index contributed by atoms with van der Waals surface area (Å²) >= 11 is 0. The average Bonchev–Trinajstić information content (AvgIpc) is 2.64. The zero-order valence-electron chi connectivity index (χ0n) is 15.5. The van der Waals surface area contributed by atoms with Gasteiger partial charge in [0.25, 0.3) is 0 Å². The summed E-state index contributed by atoms with van der Waals surface area (Å²) in [7, 11) is 3.02. The fraction of sp³-hybridized carbons (Fsp3) is 0.286. The standard InChI is InChI=1S/C21H24FNO3/c1-14(2)21(16-7-9-17(25-3)10-8-16)23-20(24)12-6-15-5-11-19(26-4)18(22)13-15/h5-14,21H,1-4H3,(H,23,24)/b12-6+. The molecule has 0 aromatic heterocycles. The number of benzene rings is 2. The zero-order valence-corrected chi connectivity index (χ0v) is 15.5. The fourth-order valence-electron chi connectivity index (χ4n) is 2.61. The van der Waals surface area contributed by atoms with Gasteiger partial charge in [-0.25, -0.2) is 4.39 Å². The Labute approximate surface area is 153 Å². The number of rotatable bonds is 7. The van der Waals surface area contributed by atoms with E-state index in [1.807, 2.05) is 38.1 Å². The van der Waals surface area contributed by atoms with Gasteiger partial charge in [0.1, 0.15) is 5.75 Å². The molecule has 0 fully saturated rings. The molecule has 0 aliphatic carbocycles. The van der Waals surface area contributed by atoms with Crippen molar-refractivity contribution < 1.29 is 18.7 Å². The lowest BCUT2D eigenvalue weighted by Crippen LogP contribution is -2.30. The van der Waals surface area contributed by atoms with Crippen LogP contribution in [0.15, 0.2) is 48.5 Å². The Kier molecular flexibility index (Phi) is 6.78. The van der Waals surface area contributed by atoms with Crippen molar-refractivity contribution in [2.24, 2.45) is 5.92 Å². The highest BCUT2D eigenvalue weighted by molar-refractivity contribution is 5.92. The molecule has 2 aromatic carbocycles. The van der Waals surface area contributed by atoms with Crippen molar-refractivity contribution in [2.75, 3.05) is 14.2 Å². The first-order valence-electron chi connectivity index (χ1n) is 8.40. The molecule has 5 heteroatoms. The summed E-state index contributed by atoms with van der Waals surface area (Å²) in [4.78, 5) is 12.3. The molecule has 1 atom stereocenters. The molecule has 0 heterocycles. The van der Waals surface area contributed by atoms with E-state index in [0.717, 1.165) is 11.3 Å². The van der Waals surface area contributed by atoms with Crippen LogP contribution >= 0.6 is 0 Å². The summed E-state index contributed by atoms with van der Waals surface area (Å²) in [5.74, 6) is 0.443. The number of methoxy groups -OCH3 is 2. The van der Waals surface area contributed by atoms with Crippen molar-refractivity contribution >= 4 is 12.0 Å². The minimum Gasteiger partial charge on any atom is -0.497 e. The summed E-state index contributed by atoms with van der Waals surface area (Å²) in [6.07, 6.45) is 2.98. The number of halogens is 1. The molecule has 26 heavy (non-hydrogen) atoms. The van der Waals surface area contributed by atoms with Crippen LogP contribution in [-0.2, 0) is 4.79 Å². The molecule has 0 aliphatic heterocycles. The minimum absolute atomic E-state index is 0.134. The number of amides is 1. The molecule has 1 unspecified atom stereocenters. The Morgan fingerprint density at radius 1 is 1.08 bits per heavy atom. The maximum atomic E-state index is 13.7. The van der Waals surface area contributed by atoms with Gasteiger partial charge in [-0.3, -0.25) is 4.79 Å². The molecular weight excluding hydrogens is 333 g/mol. The first-order valence-corrected chi connectivity index (χ1v) is 8.40. The van der Waals surface area contributed by atoms with E-state index >= 15 is 0 Å². The summed E-state index contributed by atoms with van der Waals surface area (Å²) in [5, 5.41) is 2.99. The molecule has 0 saturated carbocycles. The van der Waals surface area contributed by atoms with Crippen LogP contribution in [0.25, 0.3) is 6.08 Å². The number of hydrogen-bond acceptors (Lipinski definition) is 3. The molecule has 4 nitrogen and oxygen atoms in total. The van der Waals surface area contributed by atoms with Crippen molar-refractivity contribution in [3.63, 3.8) is 0 Å². The first-order chi connectivity index (χ1) is 12.4. The lowest BCUT2D eigenvalue weighted by Gasteiger charge is -2.22. The first kappa shape index (κ1) is 19.5. The Morgan fingerprint density at radius 2 is 1.77 bits per heavy atom. The maximum absolute atomic E-state index is 13.7. The van der Waals surface area contributed by atoms with Crippen LogP contribution in [0.2, 0.25) is 0 Å². The van der Waals surface area contributed by atoms with Gasteiger partial charge >= 0.3 is 0 Å². The molecule has 1 N–H and O–H groups in total. The Bertz CT molecular complexity index is 769. The van der Waals surface area contributed by atoms with Gasteiger partial charge in [0.05, 0.1) is 20.3 Å². The van der Waals surface area contributed by atoms with Gasteiger partial charge in [-0.2, -0.15) is 0 Å². The number of carbonyl (C=O) groups excluding carboxylic acids is 1. The van der Waals surface area contributed by atoms with Crippen LogP contribution in [-0.4, -0.2) is 20.1 Å². The normalized spacial score (nSPS) is 12.2. The number of ether oxygens (including phenoxy) is 2. The summed E-state index contributed by atoms with van der Waals surface area (Å²) in [5.41, 5.74) is 1.59. The predicted octanol–water partition coefficient (Wildman–Crippen LogP) is 4.37. The van der Waals surface area contributed by atoms with Crippen molar-refractivity contribution in [1.82, 2.24) is 5.32 Å². The number of carbonyl (C=O) groups is 1. The summed E-state index contributed by atoms with van der Waals surface area (Å²) in [6, 6.07) is 12.0. The van der Waals surface area contributed by atoms with Crippen LogP contribution in [0, 0.1) is 11.7 Å². The van der Waals surface area contributed by atoms with Crippen molar-refractivity contribution in [3.8, 4) is 11.5 Å². The molecule has 0 aliphatic rings. The van der Waals surface area contributed by atoms with E-state index in [9.17, 15) is 9.18 Å². The average molecular weight is 357 g/mol. The highest BCUT2D eigenvalue weighted by Gasteiger charge is 2.17. The van der Waals surface area contributed by atoms with Crippen LogP contribution in [0.4, 0.5) is 4.39 Å². The van der Waals surface area contributed by atoms with Crippen molar-refractivity contribution in [3.05, 3.63) is 65.5 Å². The SMILES string of the molecule is COc1ccc(C(NC(=O)/C=C/c2ccc(OC)c(F)c2)C(C)C)cc1. The van der Waals surface area contributed by atoms with Gasteiger partial charge in [-0.15, -0.1) is 0 Å². The second-order valence-electron chi connectivity index (χ2n) is 6.23. The van der Waals surface area contributed by atoms with Gasteiger partial charge in [-0.05, 0) is 47.4 Å². The highest BCUT2D eigenvalue weighted by atomic mass is 19.1. The second-order valence-corrected chi connectivity index (χ2v) is 6.23. The van der Waals surface area contributed by atoms with Gasteiger partial charge in [0.15, 0.2) is 11.6 Å². The van der Waals surface area contributed by atoms with Crippen molar-refractivity contribution in [2.45, 2.75) is 19.9 Å². The Hall–Kier alpha value is -2.82. The van der Waals surface area contributed by atoms with E-state index in [0.29, 0.717) is 5.56 Å². The molecule has 0 spiro atoms. The van der Waals surface area contributed by atoms with Gasteiger partial charge in [0.2, 0.25) is 5.91 Å². The topological polar surface area (TPSA) is 47.6 Å². The zero-order chi connectivity index (χ0) is 19.1. The van der Waals surface area contributed by atoms with E-state index in [4.69, 9.17) is 9.47 Å². The molecule has 138 valence electrons. The third-order valence-electron chi connectivity index (χ3n) is 4.04. The van der Waals surface area contributed by atoms with Crippen molar-refractivity contribution in [1.29, 1.82) is 0 Å². The molecule has 2 rings (SSSR count). The van der Waals surface area contributed by atoms with E-state index in [-0.39, 0.29) is 23.6 Å². The molecule has 1 amide bonds. The molecule has 0 saturated heterocycles. The second kappa shape index (κ2) is 9.04. The monoisotopic (exact) mass is 357 g/mol. The van der Waals surface area contributed by atoms with Gasteiger partial charge in [-0.1, -0.05) is 32.0 Å². The number of hydrogen-bond donors (Lipinski definition) is 1. The van der Waals surface area contributed by atoms with Crippen LogP contribution in [0.3, 0.4) is 0 Å². The summed E-state index contributed by atoms with van der Waals surface area (Å²) in [6.45, 7) is 4.08. The largest absolute Gasteiger partial charge is 0.497 e. The molecule has 0 radical (unpaired) electrons. The Morgan fingerprint density at radius 3 is 2.31 bits per heavy atom. The lowest BCUT2D eigenvalue weighted by molar-refractivity contribution is -0.117. The fourth-order valence-corrected chi connectivity index (χ4v) is 2.61. The molecular formula is C21H24FNO3. The smallest absolute Gasteiger partial charge is 0.244 e. The third-order valence-corrected chi connectivity index (χ3v) is 4.04. The maximum Gasteiger partial charge on any atom is 0.244 e. The summed E-state index contributed by atoms with van der Waals surface area (Å²) < 4.78 is 23.8. The third kappa shape index (κ3) is 5.09.